The van der Waals surface area contributed by atoms with Gasteiger partial charge < -0.3 is 10.2 Å². The van der Waals surface area contributed by atoms with Gasteiger partial charge in [0.15, 0.2) is 0 Å². The van der Waals surface area contributed by atoms with Crippen LogP contribution in [0, 0.1) is 5.92 Å². The molecule has 0 atom stereocenters. The molecule has 2 aromatic carbocycles. The number of hydrogen-bond acceptors (Lipinski definition) is 2. The molecule has 0 saturated heterocycles. The van der Waals surface area contributed by atoms with Gasteiger partial charge in [-0.15, -0.1) is 0 Å². The Balaban J connectivity index is 1.55. The minimum Gasteiger partial charge on any atom is -0.338 e. The highest BCUT2D eigenvalue weighted by Gasteiger charge is 2.30. The number of carbonyl (C=O) groups excluding carboxylic acids is 2. The van der Waals surface area contributed by atoms with Crippen LogP contribution in [0.5, 0.6) is 0 Å². The summed E-state index contributed by atoms with van der Waals surface area (Å²) in [7, 11) is 0. The van der Waals surface area contributed by atoms with Crippen molar-refractivity contribution in [3.8, 4) is 0 Å². The molecule has 1 aliphatic carbocycles. The number of hydrogen-bond donors (Lipinski definition) is 1. The molecule has 1 saturated carbocycles. The molecule has 0 radical (unpaired) electrons. The van der Waals surface area contributed by atoms with Crippen LogP contribution in [-0.4, -0.2) is 23.3 Å². The molecule has 0 unspecified atom stereocenters. The number of nitrogens with one attached hydrogen (secondary N) is 1. The van der Waals surface area contributed by atoms with Crippen LogP contribution in [0.25, 0.3) is 0 Å². The third-order valence-corrected chi connectivity index (χ3v) is 5.91. The number of rotatable bonds is 9. The fraction of sp³-hybridized carbons (Fsp3) is 0.440. The van der Waals surface area contributed by atoms with Crippen LogP contribution < -0.4 is 5.32 Å². The second-order valence-corrected chi connectivity index (χ2v) is 8.36. The summed E-state index contributed by atoms with van der Waals surface area (Å²) in [5.41, 5.74) is 0.521. The van der Waals surface area contributed by atoms with E-state index >= 15 is 0 Å². The number of alkyl halides is 3. The van der Waals surface area contributed by atoms with Gasteiger partial charge in [-0.25, -0.2) is 0 Å². The molecule has 0 heterocycles. The lowest BCUT2D eigenvalue weighted by Gasteiger charge is -2.23. The van der Waals surface area contributed by atoms with E-state index in [0.29, 0.717) is 24.6 Å². The third kappa shape index (κ3) is 7.39. The number of amides is 2. The third-order valence-electron chi connectivity index (χ3n) is 5.91. The van der Waals surface area contributed by atoms with Crippen LogP contribution >= 0.6 is 0 Å². The Morgan fingerprint density at radius 3 is 2.22 bits per heavy atom. The van der Waals surface area contributed by atoms with Crippen LogP contribution in [0.15, 0.2) is 54.6 Å². The summed E-state index contributed by atoms with van der Waals surface area (Å²) < 4.78 is 38.0. The number of nitrogens with zero attached hydrogens (tertiary/aromatic N) is 1. The van der Waals surface area contributed by atoms with E-state index in [2.05, 4.69) is 5.32 Å². The summed E-state index contributed by atoms with van der Waals surface area (Å²) in [6, 6.07) is 14.0. The minimum absolute atomic E-state index is 0.0306. The summed E-state index contributed by atoms with van der Waals surface area (Å²) in [6.45, 7) is 0.683. The fourth-order valence-corrected chi connectivity index (χ4v) is 4.08. The summed E-state index contributed by atoms with van der Waals surface area (Å²) in [5, 5.41) is 2.61. The Labute approximate surface area is 186 Å². The van der Waals surface area contributed by atoms with E-state index in [0.717, 1.165) is 24.1 Å². The van der Waals surface area contributed by atoms with Gasteiger partial charge in [-0.3, -0.25) is 9.59 Å². The molecule has 0 bridgehead atoms. The van der Waals surface area contributed by atoms with Gasteiger partial charge in [-0.1, -0.05) is 56.0 Å². The number of carbonyl (C=O) groups is 2. The Hall–Kier alpha value is -2.83. The smallest absolute Gasteiger partial charge is 0.338 e. The summed E-state index contributed by atoms with van der Waals surface area (Å²) >= 11 is 0. The zero-order valence-electron chi connectivity index (χ0n) is 18.0. The average molecular weight is 447 g/mol. The molecular weight excluding hydrogens is 417 g/mol. The lowest BCUT2D eigenvalue weighted by molar-refractivity contribution is -0.137. The van der Waals surface area contributed by atoms with E-state index in [9.17, 15) is 22.8 Å². The highest BCUT2D eigenvalue weighted by Crippen LogP contribution is 2.30. The Kier molecular flexibility index (Phi) is 8.31. The highest BCUT2D eigenvalue weighted by atomic mass is 19.4. The summed E-state index contributed by atoms with van der Waals surface area (Å²) in [4.78, 5) is 27.0. The van der Waals surface area contributed by atoms with Crippen LogP contribution in [0.3, 0.4) is 0 Å². The molecule has 1 aliphatic rings. The van der Waals surface area contributed by atoms with Gasteiger partial charge in [0, 0.05) is 31.6 Å². The van der Waals surface area contributed by atoms with E-state index in [-0.39, 0.29) is 24.8 Å². The van der Waals surface area contributed by atoms with Crippen molar-refractivity contribution in [2.24, 2.45) is 5.92 Å². The van der Waals surface area contributed by atoms with E-state index in [4.69, 9.17) is 0 Å². The maximum Gasteiger partial charge on any atom is 0.416 e. The molecule has 172 valence electrons. The van der Waals surface area contributed by atoms with Crippen LogP contribution in [-0.2, 0) is 22.3 Å². The molecule has 2 aromatic rings. The van der Waals surface area contributed by atoms with E-state index in [1.807, 2.05) is 30.3 Å². The molecule has 1 fully saturated rings. The average Bonchev–Trinajstić information content (AvgIpc) is 3.29. The zero-order valence-corrected chi connectivity index (χ0v) is 18.0. The molecule has 0 spiro atoms. The molecular formula is C25H29F3N2O2. The van der Waals surface area contributed by atoms with Gasteiger partial charge in [0.25, 0.3) is 0 Å². The maximum atomic E-state index is 12.9. The van der Waals surface area contributed by atoms with Gasteiger partial charge in [0.2, 0.25) is 11.8 Å². The molecule has 3 rings (SSSR count). The number of halogens is 3. The van der Waals surface area contributed by atoms with Crippen LogP contribution in [0.2, 0.25) is 0 Å². The molecule has 2 amide bonds. The quantitative estimate of drug-likeness (QED) is 0.511. The Morgan fingerprint density at radius 2 is 1.59 bits per heavy atom. The monoisotopic (exact) mass is 446 g/mol. The van der Waals surface area contributed by atoms with Crippen molar-refractivity contribution in [3.63, 3.8) is 0 Å². The van der Waals surface area contributed by atoms with E-state index in [1.165, 1.54) is 37.8 Å². The van der Waals surface area contributed by atoms with Gasteiger partial charge in [-0.05, 0) is 42.2 Å². The first-order valence-corrected chi connectivity index (χ1v) is 11.1. The van der Waals surface area contributed by atoms with Crippen molar-refractivity contribution in [3.05, 3.63) is 65.7 Å². The van der Waals surface area contributed by atoms with Crippen LogP contribution in [0.4, 0.5) is 18.9 Å². The first-order valence-electron chi connectivity index (χ1n) is 11.1. The fourth-order valence-electron chi connectivity index (χ4n) is 4.08. The van der Waals surface area contributed by atoms with Crippen molar-refractivity contribution >= 4 is 17.5 Å². The maximum absolute atomic E-state index is 12.9. The topological polar surface area (TPSA) is 49.4 Å². The van der Waals surface area contributed by atoms with Crippen molar-refractivity contribution < 1.29 is 22.8 Å². The van der Waals surface area contributed by atoms with Crippen LogP contribution in [0.1, 0.15) is 56.1 Å². The van der Waals surface area contributed by atoms with Crippen molar-refractivity contribution in [1.82, 2.24) is 4.90 Å². The predicted octanol–water partition coefficient (Wildman–Crippen LogP) is 6.03. The SMILES string of the molecule is O=C(CCN(Cc1ccccc1)C(=O)CCC1CCCC1)Nc1ccc(C(F)(F)F)cc1. The largest absolute Gasteiger partial charge is 0.416 e. The van der Waals surface area contributed by atoms with Gasteiger partial charge in [0.1, 0.15) is 0 Å². The van der Waals surface area contributed by atoms with Crippen molar-refractivity contribution in [2.75, 3.05) is 11.9 Å². The lowest BCUT2D eigenvalue weighted by atomic mass is 10.0. The molecule has 1 N–H and O–H groups in total. The van der Waals surface area contributed by atoms with Crippen molar-refractivity contribution in [2.45, 2.75) is 57.7 Å². The van der Waals surface area contributed by atoms with Gasteiger partial charge >= 0.3 is 6.18 Å². The molecule has 32 heavy (non-hydrogen) atoms. The number of benzene rings is 2. The lowest BCUT2D eigenvalue weighted by Crippen LogP contribution is -2.33. The van der Waals surface area contributed by atoms with E-state index in [1.54, 1.807) is 4.90 Å². The summed E-state index contributed by atoms with van der Waals surface area (Å²) in [6.07, 6.45) is 1.83. The zero-order chi connectivity index (χ0) is 23.0. The molecule has 7 heteroatoms. The molecule has 0 aromatic heterocycles. The normalized spacial score (nSPS) is 14.3. The molecule has 4 nitrogen and oxygen atoms in total. The van der Waals surface area contributed by atoms with Gasteiger partial charge in [-0.2, -0.15) is 13.2 Å². The Morgan fingerprint density at radius 1 is 0.938 bits per heavy atom. The Bertz CT molecular complexity index is 876. The first kappa shape index (κ1) is 23.8. The standard InChI is InChI=1S/C25H29F3N2O2/c26-25(27,28)21-11-13-22(14-12-21)29-23(31)16-17-30(18-20-8-2-1-3-9-20)24(32)15-10-19-6-4-5-7-19/h1-3,8-9,11-14,19H,4-7,10,15-18H2,(H,29,31). The highest BCUT2D eigenvalue weighted by molar-refractivity contribution is 5.91. The van der Waals surface area contributed by atoms with Crippen molar-refractivity contribution in [1.29, 1.82) is 0 Å². The predicted molar refractivity (Wildman–Crippen MR) is 118 cm³/mol. The second-order valence-electron chi connectivity index (χ2n) is 8.36. The van der Waals surface area contributed by atoms with Gasteiger partial charge in [0.05, 0.1) is 5.56 Å². The second kappa shape index (κ2) is 11.2. The first-order chi connectivity index (χ1) is 15.3. The van der Waals surface area contributed by atoms with E-state index < -0.39 is 11.7 Å². The summed E-state index contributed by atoms with van der Waals surface area (Å²) in [5.74, 6) is 0.301. The number of anilines is 1. The minimum atomic E-state index is -4.42. The molecule has 0 aliphatic heterocycles.